The van der Waals surface area contributed by atoms with Crippen molar-refractivity contribution in [3.05, 3.63) is 47.5 Å². The number of carbonyl (C=O) groups is 2. The van der Waals surface area contributed by atoms with E-state index in [0.29, 0.717) is 12.1 Å². The molecule has 0 aliphatic carbocycles. The van der Waals surface area contributed by atoms with Crippen LogP contribution in [-0.2, 0) is 39.7 Å². The molecule has 0 heterocycles. The standard InChI is InChI=1S/2C7H6O6S.Zn/c2*8-6-2-1-4(14(11,12)13)3-5(6)7(9)10;/h2*1-3,8H,(H,9,10)(H,11,12,13);. The van der Waals surface area contributed by atoms with Crippen molar-refractivity contribution in [3.63, 3.8) is 0 Å². The van der Waals surface area contributed by atoms with Crippen molar-refractivity contribution in [2.75, 3.05) is 0 Å². The third-order valence-corrected chi connectivity index (χ3v) is 4.69. The van der Waals surface area contributed by atoms with Gasteiger partial charge in [0.25, 0.3) is 20.2 Å². The Balaban J connectivity index is 0.000000523. The summed E-state index contributed by atoms with van der Waals surface area (Å²) in [4.78, 5) is 19.8. The van der Waals surface area contributed by atoms with Gasteiger partial charge in [0.05, 0.1) is 9.79 Å². The topological polar surface area (TPSA) is 224 Å². The molecule has 0 amide bonds. The van der Waals surface area contributed by atoms with E-state index >= 15 is 0 Å². The number of hydrogen-bond donors (Lipinski definition) is 6. The number of carboxylic acid groups (broad SMARTS) is 2. The first-order chi connectivity index (χ1) is 12.6. The normalized spacial score (nSPS) is 10.8. The van der Waals surface area contributed by atoms with Crippen LogP contribution >= 0.6 is 0 Å². The van der Waals surface area contributed by atoms with Crippen LogP contribution in [0.5, 0.6) is 11.5 Å². The van der Waals surface area contributed by atoms with Gasteiger partial charge in [0.2, 0.25) is 0 Å². The molecule has 0 atom stereocenters. The maximum Gasteiger partial charge on any atom is 0.339 e. The third kappa shape index (κ3) is 7.40. The number of aromatic hydroxyl groups is 2. The Bertz CT molecular complexity index is 1050. The summed E-state index contributed by atoms with van der Waals surface area (Å²) in [5, 5.41) is 35.1. The summed E-state index contributed by atoms with van der Waals surface area (Å²) in [7, 11) is -8.90. The molecule has 0 saturated heterocycles. The average Bonchev–Trinajstić information content (AvgIpc) is 2.53. The Hall–Kier alpha value is -2.58. The summed E-state index contributed by atoms with van der Waals surface area (Å²) in [6.45, 7) is 0. The van der Waals surface area contributed by atoms with Gasteiger partial charge < -0.3 is 20.4 Å². The summed E-state index contributed by atoms with van der Waals surface area (Å²) < 4.78 is 59.6. The molecule has 2 rings (SSSR count). The second-order valence-corrected chi connectivity index (χ2v) is 7.76. The zero-order valence-corrected chi connectivity index (χ0v) is 18.7. The summed E-state index contributed by atoms with van der Waals surface area (Å²) in [5.41, 5.74) is -1.17. The zero-order valence-electron chi connectivity index (χ0n) is 14.1. The van der Waals surface area contributed by atoms with Crippen LogP contribution in [0, 0.1) is 0 Å². The molecule has 6 N–H and O–H groups in total. The van der Waals surface area contributed by atoms with E-state index in [-0.39, 0.29) is 19.5 Å². The number of carboxylic acids is 2. The Morgan fingerprint density at radius 2 is 0.931 bits per heavy atom. The number of aromatic carboxylic acids is 2. The molecule has 0 spiro atoms. The van der Waals surface area contributed by atoms with E-state index in [4.69, 9.17) is 29.5 Å². The van der Waals surface area contributed by atoms with Crippen LogP contribution in [0.2, 0.25) is 0 Å². The molecule has 0 bridgehead atoms. The van der Waals surface area contributed by atoms with Gasteiger partial charge >= 0.3 is 11.9 Å². The van der Waals surface area contributed by atoms with Crippen molar-refractivity contribution in [3.8, 4) is 11.5 Å². The molecule has 0 aliphatic rings. The van der Waals surface area contributed by atoms with E-state index in [1.807, 2.05) is 0 Å². The minimum atomic E-state index is -4.45. The van der Waals surface area contributed by atoms with E-state index in [1.165, 1.54) is 0 Å². The zero-order chi connectivity index (χ0) is 21.9. The van der Waals surface area contributed by atoms with Crippen molar-refractivity contribution in [2.24, 2.45) is 0 Å². The summed E-state index contributed by atoms with van der Waals surface area (Å²) in [6, 6.07) is 4.91. The van der Waals surface area contributed by atoms with Crippen LogP contribution in [0.3, 0.4) is 0 Å². The Kier molecular flexibility index (Phi) is 8.89. The quantitative estimate of drug-likeness (QED) is 0.251. The van der Waals surface area contributed by atoms with Crippen LogP contribution < -0.4 is 0 Å². The van der Waals surface area contributed by atoms with E-state index < -0.39 is 64.6 Å². The fourth-order valence-electron chi connectivity index (χ4n) is 1.69. The Morgan fingerprint density at radius 1 is 0.655 bits per heavy atom. The van der Waals surface area contributed by atoms with Crippen LogP contribution in [0.25, 0.3) is 0 Å². The predicted octanol–water partition coefficient (Wildman–Crippen LogP) is 0.672. The first kappa shape index (κ1) is 26.4. The summed E-state index contributed by atoms with van der Waals surface area (Å²) in [5.74, 6) is -4.09. The van der Waals surface area contributed by atoms with E-state index in [9.17, 15) is 26.4 Å². The van der Waals surface area contributed by atoms with Crippen molar-refractivity contribution in [1.29, 1.82) is 0 Å². The van der Waals surface area contributed by atoms with Crippen LogP contribution in [0.1, 0.15) is 20.7 Å². The first-order valence-electron chi connectivity index (χ1n) is 6.72. The maximum atomic E-state index is 10.6. The van der Waals surface area contributed by atoms with Gasteiger partial charge in [0, 0.05) is 19.5 Å². The molecule has 15 heteroatoms. The summed E-state index contributed by atoms with van der Waals surface area (Å²) >= 11 is 0. The fraction of sp³-hybridized carbons (Fsp3) is 0. The van der Waals surface area contributed by atoms with Gasteiger partial charge in [-0.2, -0.15) is 16.8 Å². The minimum Gasteiger partial charge on any atom is -0.507 e. The van der Waals surface area contributed by atoms with E-state index in [2.05, 4.69) is 0 Å². The molecule has 0 fully saturated rings. The van der Waals surface area contributed by atoms with Crippen LogP contribution in [-0.4, -0.2) is 58.3 Å². The molecular formula is C14H12O12S2Zn. The number of rotatable bonds is 4. The van der Waals surface area contributed by atoms with Crippen molar-refractivity contribution in [2.45, 2.75) is 9.79 Å². The second-order valence-electron chi connectivity index (χ2n) is 4.92. The van der Waals surface area contributed by atoms with Gasteiger partial charge in [-0.1, -0.05) is 0 Å². The van der Waals surface area contributed by atoms with Gasteiger partial charge in [-0.3, -0.25) is 9.11 Å². The molecule has 0 aliphatic heterocycles. The SMILES string of the molecule is O=C(O)c1cc(S(=O)(=O)O)ccc1O.O=C(O)c1cc(S(=O)(=O)O)ccc1O.[Zn]. The molecule has 0 saturated carbocycles. The molecule has 154 valence electrons. The molecule has 2 aromatic rings. The van der Waals surface area contributed by atoms with Crippen LogP contribution in [0.15, 0.2) is 46.2 Å². The smallest absolute Gasteiger partial charge is 0.339 e. The molecule has 2 aromatic carbocycles. The molecular weight excluding hydrogens is 490 g/mol. The van der Waals surface area contributed by atoms with Crippen molar-refractivity contribution in [1.82, 2.24) is 0 Å². The molecule has 0 radical (unpaired) electrons. The van der Waals surface area contributed by atoms with Crippen molar-refractivity contribution >= 4 is 32.2 Å². The van der Waals surface area contributed by atoms with Gasteiger partial charge in [-0.25, -0.2) is 9.59 Å². The van der Waals surface area contributed by atoms with Gasteiger partial charge in [-0.15, -0.1) is 0 Å². The fourth-order valence-corrected chi connectivity index (χ4v) is 2.71. The Labute approximate surface area is 176 Å². The Morgan fingerprint density at radius 3 is 1.14 bits per heavy atom. The van der Waals surface area contributed by atoms with E-state index in [0.717, 1.165) is 24.3 Å². The van der Waals surface area contributed by atoms with E-state index in [1.54, 1.807) is 0 Å². The number of hydrogen-bond acceptors (Lipinski definition) is 8. The van der Waals surface area contributed by atoms with Gasteiger partial charge in [0.15, 0.2) is 0 Å². The van der Waals surface area contributed by atoms with Gasteiger partial charge in [-0.05, 0) is 36.4 Å². The predicted molar refractivity (Wildman–Crippen MR) is 89.8 cm³/mol. The monoisotopic (exact) mass is 500 g/mol. The molecule has 29 heavy (non-hydrogen) atoms. The number of phenols is 2. The van der Waals surface area contributed by atoms with Gasteiger partial charge in [0.1, 0.15) is 22.6 Å². The molecule has 0 unspecified atom stereocenters. The third-order valence-electron chi connectivity index (χ3n) is 2.99. The minimum absolute atomic E-state index is 0. The molecule has 12 nitrogen and oxygen atoms in total. The van der Waals surface area contributed by atoms with Crippen molar-refractivity contribution < 1.29 is 75.4 Å². The number of benzene rings is 2. The largest absolute Gasteiger partial charge is 0.507 e. The first-order valence-corrected chi connectivity index (χ1v) is 9.60. The average molecular weight is 502 g/mol. The van der Waals surface area contributed by atoms with Crippen LogP contribution in [0.4, 0.5) is 0 Å². The summed E-state index contributed by atoms with van der Waals surface area (Å²) in [6.07, 6.45) is 0. The molecule has 0 aromatic heterocycles. The maximum absolute atomic E-state index is 10.6. The second kappa shape index (κ2) is 9.76.